The van der Waals surface area contributed by atoms with Crippen LogP contribution < -0.4 is 5.32 Å². The Morgan fingerprint density at radius 3 is 2.25 bits per heavy atom. The van der Waals surface area contributed by atoms with Crippen molar-refractivity contribution < 1.29 is 22.4 Å². The molecule has 2 nitrogen and oxygen atoms in total. The van der Waals surface area contributed by atoms with Crippen molar-refractivity contribution in [3.63, 3.8) is 0 Å². The van der Waals surface area contributed by atoms with Gasteiger partial charge in [-0.15, -0.1) is 0 Å². The van der Waals surface area contributed by atoms with Gasteiger partial charge in [-0.05, 0) is 37.3 Å². The zero-order valence-electron chi connectivity index (χ0n) is 12.9. The molecule has 1 N–H and O–H groups in total. The molecule has 1 fully saturated rings. The number of carbonyl (C=O) groups excluding carboxylic acids is 1. The second-order valence-electron chi connectivity index (χ2n) is 6.05. The summed E-state index contributed by atoms with van der Waals surface area (Å²) in [6, 6.07) is 7.46. The fourth-order valence-corrected chi connectivity index (χ4v) is 2.63. The summed E-state index contributed by atoms with van der Waals surface area (Å²) in [7, 11) is 0. The van der Waals surface area contributed by atoms with Gasteiger partial charge in [0.05, 0.1) is 11.6 Å². The van der Waals surface area contributed by atoms with E-state index in [1.54, 1.807) is 0 Å². The Kier molecular flexibility index (Phi) is 4.30. The van der Waals surface area contributed by atoms with Crippen LogP contribution in [-0.2, 0) is 0 Å². The summed E-state index contributed by atoms with van der Waals surface area (Å²) < 4.78 is 53.4. The Balaban J connectivity index is 1.88. The molecule has 0 radical (unpaired) electrons. The zero-order chi connectivity index (χ0) is 17.4. The van der Waals surface area contributed by atoms with E-state index in [1.807, 2.05) is 31.2 Å². The van der Waals surface area contributed by atoms with E-state index in [0.29, 0.717) is 6.07 Å². The molecule has 1 saturated carbocycles. The van der Waals surface area contributed by atoms with Crippen LogP contribution in [0, 0.1) is 36.1 Å². The second kappa shape index (κ2) is 6.26. The summed E-state index contributed by atoms with van der Waals surface area (Å²) in [5.74, 6) is -7.99. The molecular weight excluding hydrogens is 322 g/mol. The van der Waals surface area contributed by atoms with Crippen LogP contribution in [-0.4, -0.2) is 5.91 Å². The topological polar surface area (TPSA) is 29.1 Å². The van der Waals surface area contributed by atoms with Gasteiger partial charge in [-0.3, -0.25) is 4.79 Å². The van der Waals surface area contributed by atoms with Gasteiger partial charge < -0.3 is 5.32 Å². The van der Waals surface area contributed by atoms with Crippen LogP contribution in [0.25, 0.3) is 0 Å². The van der Waals surface area contributed by atoms with Crippen LogP contribution in [0.5, 0.6) is 0 Å². The van der Waals surface area contributed by atoms with E-state index in [-0.39, 0.29) is 12.0 Å². The molecule has 0 heterocycles. The number of rotatable bonds is 4. The van der Waals surface area contributed by atoms with Gasteiger partial charge in [0.1, 0.15) is 0 Å². The molecule has 1 atom stereocenters. The Morgan fingerprint density at radius 2 is 1.67 bits per heavy atom. The molecular formula is C18H15F4NO. The molecule has 3 rings (SSSR count). The molecule has 0 aromatic heterocycles. The fraction of sp³-hybridized carbons (Fsp3) is 0.278. The van der Waals surface area contributed by atoms with Gasteiger partial charge in [-0.1, -0.05) is 29.8 Å². The summed E-state index contributed by atoms with van der Waals surface area (Å²) in [4.78, 5) is 12.3. The predicted octanol–water partition coefficient (Wildman–Crippen LogP) is 4.43. The van der Waals surface area contributed by atoms with Gasteiger partial charge in [-0.2, -0.15) is 0 Å². The van der Waals surface area contributed by atoms with Crippen molar-refractivity contribution in [3.05, 3.63) is 70.3 Å². The van der Waals surface area contributed by atoms with Crippen LogP contribution in [0.15, 0.2) is 30.3 Å². The van der Waals surface area contributed by atoms with Gasteiger partial charge in [0.15, 0.2) is 23.3 Å². The van der Waals surface area contributed by atoms with Crippen molar-refractivity contribution in [2.24, 2.45) is 5.92 Å². The SMILES string of the molecule is Cc1ccc(C(NC(=O)c2cc(F)c(F)c(F)c2F)C2CC2)cc1. The van der Waals surface area contributed by atoms with Gasteiger partial charge in [-0.25, -0.2) is 17.6 Å². The van der Waals surface area contributed by atoms with Crippen LogP contribution in [0.1, 0.15) is 40.4 Å². The van der Waals surface area contributed by atoms with Gasteiger partial charge in [0, 0.05) is 0 Å². The summed E-state index contributed by atoms with van der Waals surface area (Å²) in [5.41, 5.74) is 1.04. The molecule has 1 unspecified atom stereocenters. The van der Waals surface area contributed by atoms with Crippen LogP contribution in [0.4, 0.5) is 17.6 Å². The highest BCUT2D eigenvalue weighted by molar-refractivity contribution is 5.94. The molecule has 0 saturated heterocycles. The number of halogens is 4. The number of hydrogen-bond acceptors (Lipinski definition) is 1. The first-order chi connectivity index (χ1) is 11.4. The molecule has 2 aromatic carbocycles. The van der Waals surface area contributed by atoms with Gasteiger partial charge in [0.2, 0.25) is 0 Å². The number of amides is 1. The third-order valence-electron chi connectivity index (χ3n) is 4.16. The normalized spacial score (nSPS) is 15.2. The van der Waals surface area contributed by atoms with Crippen molar-refractivity contribution in [1.29, 1.82) is 0 Å². The van der Waals surface area contributed by atoms with Crippen molar-refractivity contribution in [2.45, 2.75) is 25.8 Å². The van der Waals surface area contributed by atoms with Gasteiger partial charge in [0.25, 0.3) is 5.91 Å². The minimum Gasteiger partial charge on any atom is -0.345 e. The summed E-state index contributed by atoms with van der Waals surface area (Å²) >= 11 is 0. The quantitative estimate of drug-likeness (QED) is 0.499. The number of carbonyl (C=O) groups is 1. The number of hydrogen-bond donors (Lipinski definition) is 1. The lowest BCUT2D eigenvalue weighted by Gasteiger charge is -2.19. The average Bonchev–Trinajstić information content (AvgIpc) is 3.39. The summed E-state index contributed by atoms with van der Waals surface area (Å²) in [6.45, 7) is 1.92. The largest absolute Gasteiger partial charge is 0.345 e. The second-order valence-corrected chi connectivity index (χ2v) is 6.05. The van der Waals surface area contributed by atoms with E-state index in [1.165, 1.54) is 0 Å². The monoisotopic (exact) mass is 337 g/mol. The van der Waals surface area contributed by atoms with Crippen LogP contribution in [0.3, 0.4) is 0 Å². The van der Waals surface area contributed by atoms with Crippen molar-refractivity contribution in [2.75, 3.05) is 0 Å². The molecule has 0 spiro atoms. The number of aryl methyl sites for hydroxylation is 1. The molecule has 0 aliphatic heterocycles. The Labute approximate surface area is 136 Å². The Bertz CT molecular complexity index is 785. The van der Waals surface area contributed by atoms with Crippen molar-refractivity contribution in [3.8, 4) is 0 Å². The van der Waals surface area contributed by atoms with Crippen LogP contribution in [0.2, 0.25) is 0 Å². The van der Waals surface area contributed by atoms with E-state index in [4.69, 9.17) is 0 Å². The molecule has 1 aliphatic rings. The lowest BCUT2D eigenvalue weighted by Crippen LogP contribution is -2.31. The number of nitrogens with one attached hydrogen (secondary N) is 1. The predicted molar refractivity (Wildman–Crippen MR) is 80.4 cm³/mol. The molecule has 1 aliphatic carbocycles. The lowest BCUT2D eigenvalue weighted by atomic mass is 10.0. The zero-order valence-corrected chi connectivity index (χ0v) is 12.9. The highest BCUT2D eigenvalue weighted by Crippen LogP contribution is 2.41. The highest BCUT2D eigenvalue weighted by atomic mass is 19.2. The minimum absolute atomic E-state index is 0.190. The third-order valence-corrected chi connectivity index (χ3v) is 4.16. The third kappa shape index (κ3) is 3.13. The fourth-order valence-electron chi connectivity index (χ4n) is 2.63. The maximum Gasteiger partial charge on any atom is 0.254 e. The first-order valence-corrected chi connectivity index (χ1v) is 7.59. The minimum atomic E-state index is -1.99. The highest BCUT2D eigenvalue weighted by Gasteiger charge is 2.34. The van der Waals surface area contributed by atoms with E-state index in [0.717, 1.165) is 24.0 Å². The molecule has 2 aromatic rings. The van der Waals surface area contributed by atoms with E-state index in [2.05, 4.69) is 5.32 Å². The maximum atomic E-state index is 13.8. The molecule has 6 heteroatoms. The first-order valence-electron chi connectivity index (χ1n) is 7.59. The van der Waals surface area contributed by atoms with Crippen molar-refractivity contribution in [1.82, 2.24) is 5.32 Å². The Hall–Kier alpha value is -2.37. The molecule has 24 heavy (non-hydrogen) atoms. The molecule has 0 bridgehead atoms. The van der Waals surface area contributed by atoms with E-state index < -0.39 is 34.7 Å². The molecule has 126 valence electrons. The van der Waals surface area contributed by atoms with E-state index in [9.17, 15) is 22.4 Å². The van der Waals surface area contributed by atoms with Crippen LogP contribution >= 0.6 is 0 Å². The maximum absolute atomic E-state index is 13.8. The van der Waals surface area contributed by atoms with Gasteiger partial charge >= 0.3 is 0 Å². The average molecular weight is 337 g/mol. The summed E-state index contributed by atoms with van der Waals surface area (Å²) in [6.07, 6.45) is 1.79. The van der Waals surface area contributed by atoms with E-state index >= 15 is 0 Å². The summed E-state index contributed by atoms with van der Waals surface area (Å²) in [5, 5.41) is 2.61. The lowest BCUT2D eigenvalue weighted by molar-refractivity contribution is 0.0925. The smallest absolute Gasteiger partial charge is 0.254 e. The standard InChI is InChI=1S/C18H15F4NO/c1-9-2-4-10(5-3-9)17(11-6-7-11)23-18(24)12-8-13(19)15(21)16(22)14(12)20/h2-5,8,11,17H,6-7H2,1H3,(H,23,24). The first kappa shape index (κ1) is 16.5. The van der Waals surface area contributed by atoms with Crippen molar-refractivity contribution >= 4 is 5.91 Å². The molecule has 1 amide bonds. The number of benzene rings is 2. The Morgan fingerprint density at radius 1 is 1.04 bits per heavy atom.